The van der Waals surface area contributed by atoms with Gasteiger partial charge in [0.25, 0.3) is 5.91 Å². The maximum absolute atomic E-state index is 12.6. The SMILES string of the molecule is Cc1cccc(NC(=O)CN2C(=O)C(CC(=O)O)Oc3ccccc32)c1. The zero-order valence-electron chi connectivity index (χ0n) is 14.1. The first kappa shape index (κ1) is 17.5. The summed E-state index contributed by atoms with van der Waals surface area (Å²) in [6.45, 7) is 1.68. The molecule has 1 atom stereocenters. The number of amides is 2. The van der Waals surface area contributed by atoms with Crippen LogP contribution in [-0.4, -0.2) is 35.5 Å². The number of hydrogen-bond acceptors (Lipinski definition) is 4. The maximum atomic E-state index is 12.6. The van der Waals surface area contributed by atoms with E-state index in [0.717, 1.165) is 5.56 Å². The number of nitrogens with zero attached hydrogens (tertiary/aromatic N) is 1. The van der Waals surface area contributed by atoms with Crippen molar-refractivity contribution in [3.05, 3.63) is 54.1 Å². The lowest BCUT2D eigenvalue weighted by atomic mass is 10.1. The third-order valence-corrected chi connectivity index (χ3v) is 3.93. The highest BCUT2D eigenvalue weighted by Gasteiger charge is 2.36. The van der Waals surface area contributed by atoms with E-state index in [4.69, 9.17) is 9.84 Å². The fraction of sp³-hybridized carbons (Fsp3) is 0.211. The van der Waals surface area contributed by atoms with Crippen LogP contribution >= 0.6 is 0 Å². The molecule has 0 spiro atoms. The van der Waals surface area contributed by atoms with Gasteiger partial charge in [-0.05, 0) is 36.8 Å². The molecule has 2 N–H and O–H groups in total. The number of carbonyl (C=O) groups is 3. The van der Waals surface area contributed by atoms with E-state index in [9.17, 15) is 14.4 Å². The van der Waals surface area contributed by atoms with Crippen LogP contribution in [0, 0.1) is 6.92 Å². The standard InChI is InChI=1S/C19H18N2O5/c1-12-5-4-6-13(9-12)20-17(22)11-21-14-7-2-3-8-15(14)26-16(19(21)25)10-18(23)24/h2-9,16H,10-11H2,1H3,(H,20,22)(H,23,24). The molecule has 1 aliphatic heterocycles. The van der Waals surface area contributed by atoms with Crippen molar-refractivity contribution in [1.29, 1.82) is 0 Å². The van der Waals surface area contributed by atoms with Gasteiger partial charge in [0, 0.05) is 5.69 Å². The van der Waals surface area contributed by atoms with Gasteiger partial charge in [-0.25, -0.2) is 0 Å². The van der Waals surface area contributed by atoms with Crippen LogP contribution in [0.15, 0.2) is 48.5 Å². The monoisotopic (exact) mass is 354 g/mol. The number of aliphatic carboxylic acids is 1. The van der Waals surface area contributed by atoms with Crippen molar-refractivity contribution in [2.24, 2.45) is 0 Å². The number of para-hydroxylation sites is 2. The van der Waals surface area contributed by atoms with Crippen LogP contribution in [0.25, 0.3) is 0 Å². The second-order valence-electron chi connectivity index (χ2n) is 6.01. The van der Waals surface area contributed by atoms with E-state index in [2.05, 4.69) is 5.32 Å². The highest BCUT2D eigenvalue weighted by Crippen LogP contribution is 2.34. The van der Waals surface area contributed by atoms with Crippen molar-refractivity contribution < 1.29 is 24.2 Å². The van der Waals surface area contributed by atoms with E-state index in [1.54, 1.807) is 30.3 Å². The first-order valence-electron chi connectivity index (χ1n) is 8.09. The minimum Gasteiger partial charge on any atom is -0.481 e. The van der Waals surface area contributed by atoms with Crippen LogP contribution in [0.4, 0.5) is 11.4 Å². The molecule has 2 aromatic rings. The van der Waals surface area contributed by atoms with Crippen molar-refractivity contribution >= 4 is 29.2 Å². The number of ether oxygens (including phenoxy) is 1. The molecule has 0 saturated carbocycles. The predicted molar refractivity (Wildman–Crippen MR) is 95.3 cm³/mol. The topological polar surface area (TPSA) is 95.9 Å². The van der Waals surface area contributed by atoms with Crippen LogP contribution in [-0.2, 0) is 14.4 Å². The largest absolute Gasteiger partial charge is 0.481 e. The predicted octanol–water partition coefficient (Wildman–Crippen LogP) is 2.20. The zero-order valence-corrected chi connectivity index (χ0v) is 14.1. The van der Waals surface area contributed by atoms with Crippen LogP contribution < -0.4 is 15.0 Å². The Morgan fingerprint density at radius 2 is 1.96 bits per heavy atom. The van der Waals surface area contributed by atoms with E-state index >= 15 is 0 Å². The Hall–Kier alpha value is -3.35. The van der Waals surface area contributed by atoms with Gasteiger partial charge >= 0.3 is 5.97 Å². The number of aryl methyl sites for hydroxylation is 1. The number of hydrogen-bond donors (Lipinski definition) is 2. The summed E-state index contributed by atoms with van der Waals surface area (Å²) in [5.41, 5.74) is 2.07. The molecule has 7 heteroatoms. The fourth-order valence-electron chi connectivity index (χ4n) is 2.79. The minimum atomic E-state index is -1.16. The van der Waals surface area contributed by atoms with Crippen molar-refractivity contribution in [3.8, 4) is 5.75 Å². The summed E-state index contributed by atoms with van der Waals surface area (Å²) in [6, 6.07) is 14.0. The first-order valence-corrected chi connectivity index (χ1v) is 8.09. The number of nitrogens with one attached hydrogen (secondary N) is 1. The quantitative estimate of drug-likeness (QED) is 0.858. The number of benzene rings is 2. The van der Waals surface area contributed by atoms with E-state index in [1.807, 2.05) is 25.1 Å². The number of carboxylic acids is 1. The molecule has 2 amide bonds. The lowest BCUT2D eigenvalue weighted by molar-refractivity contribution is -0.142. The van der Waals surface area contributed by atoms with Crippen LogP contribution in [0.3, 0.4) is 0 Å². The van der Waals surface area contributed by atoms with Gasteiger partial charge in [0.1, 0.15) is 12.3 Å². The summed E-state index contributed by atoms with van der Waals surface area (Å²) in [5, 5.41) is 11.7. The van der Waals surface area contributed by atoms with Gasteiger partial charge in [-0.2, -0.15) is 0 Å². The van der Waals surface area contributed by atoms with Gasteiger partial charge in [-0.15, -0.1) is 0 Å². The molecule has 0 aliphatic carbocycles. The third kappa shape index (κ3) is 3.83. The molecule has 1 heterocycles. The van der Waals surface area contributed by atoms with Gasteiger partial charge < -0.3 is 15.2 Å². The third-order valence-electron chi connectivity index (χ3n) is 3.93. The summed E-state index contributed by atoms with van der Waals surface area (Å²) < 4.78 is 5.50. The molecule has 0 fully saturated rings. The smallest absolute Gasteiger partial charge is 0.307 e. The van der Waals surface area contributed by atoms with Gasteiger partial charge in [0.05, 0.1) is 12.1 Å². The van der Waals surface area contributed by atoms with Crippen LogP contribution in [0.1, 0.15) is 12.0 Å². The Balaban J connectivity index is 1.81. The summed E-state index contributed by atoms with van der Waals surface area (Å²) in [7, 11) is 0. The lowest BCUT2D eigenvalue weighted by Gasteiger charge is -2.33. The molecule has 3 rings (SSSR count). The molecule has 26 heavy (non-hydrogen) atoms. The molecule has 134 valence electrons. The highest BCUT2D eigenvalue weighted by atomic mass is 16.5. The average molecular weight is 354 g/mol. The summed E-state index contributed by atoms with van der Waals surface area (Å²) in [4.78, 5) is 37.3. The van der Waals surface area contributed by atoms with Gasteiger partial charge in [-0.3, -0.25) is 19.3 Å². The molecule has 2 aromatic carbocycles. The van der Waals surface area contributed by atoms with Gasteiger partial charge in [-0.1, -0.05) is 24.3 Å². The van der Waals surface area contributed by atoms with Crippen molar-refractivity contribution in [1.82, 2.24) is 0 Å². The number of carboxylic acid groups (broad SMARTS) is 1. The van der Waals surface area contributed by atoms with Crippen molar-refractivity contribution in [3.63, 3.8) is 0 Å². The summed E-state index contributed by atoms with van der Waals surface area (Å²) >= 11 is 0. The van der Waals surface area contributed by atoms with E-state index in [1.165, 1.54) is 4.90 Å². The van der Waals surface area contributed by atoms with Crippen molar-refractivity contribution in [2.45, 2.75) is 19.4 Å². The maximum Gasteiger partial charge on any atom is 0.307 e. The van der Waals surface area contributed by atoms with Crippen LogP contribution in [0.5, 0.6) is 5.75 Å². The number of carbonyl (C=O) groups excluding carboxylic acids is 2. The van der Waals surface area contributed by atoms with Crippen LogP contribution in [0.2, 0.25) is 0 Å². The second kappa shape index (κ2) is 7.26. The van der Waals surface area contributed by atoms with Gasteiger partial charge in [0.2, 0.25) is 5.91 Å². The van der Waals surface area contributed by atoms with E-state index in [-0.39, 0.29) is 12.5 Å². The molecule has 0 bridgehead atoms. The number of fused-ring (bicyclic) bond motifs is 1. The molecule has 0 radical (unpaired) electrons. The minimum absolute atomic E-state index is 0.233. The van der Waals surface area contributed by atoms with Crippen molar-refractivity contribution in [2.75, 3.05) is 16.8 Å². The molecule has 7 nitrogen and oxygen atoms in total. The number of anilines is 2. The average Bonchev–Trinajstić information content (AvgIpc) is 2.58. The first-order chi connectivity index (χ1) is 12.4. The Kier molecular flexibility index (Phi) is 4.88. The Morgan fingerprint density at radius 1 is 1.19 bits per heavy atom. The summed E-state index contributed by atoms with van der Waals surface area (Å²) in [5.74, 6) is -1.70. The lowest BCUT2D eigenvalue weighted by Crippen LogP contribution is -2.49. The molecule has 0 saturated heterocycles. The molecule has 0 aromatic heterocycles. The Morgan fingerprint density at radius 3 is 2.69 bits per heavy atom. The fourth-order valence-corrected chi connectivity index (χ4v) is 2.79. The second-order valence-corrected chi connectivity index (χ2v) is 6.01. The Labute approximate surface area is 150 Å². The normalized spacial score (nSPS) is 15.8. The number of rotatable bonds is 5. The molecule has 1 unspecified atom stereocenters. The highest BCUT2D eigenvalue weighted by molar-refractivity contribution is 6.07. The molecular formula is C19H18N2O5. The molecule has 1 aliphatic rings. The Bertz CT molecular complexity index is 865. The van der Waals surface area contributed by atoms with E-state index < -0.39 is 24.4 Å². The molecular weight excluding hydrogens is 336 g/mol. The van der Waals surface area contributed by atoms with E-state index in [0.29, 0.717) is 17.1 Å². The summed E-state index contributed by atoms with van der Waals surface area (Å²) in [6.07, 6.45) is -1.63. The van der Waals surface area contributed by atoms with Gasteiger partial charge in [0.15, 0.2) is 6.10 Å². The zero-order chi connectivity index (χ0) is 18.7.